The quantitative estimate of drug-likeness (QED) is 0.268. The van der Waals surface area contributed by atoms with E-state index in [9.17, 15) is 20.1 Å². The van der Waals surface area contributed by atoms with Gasteiger partial charge in [0.25, 0.3) is 0 Å². The van der Waals surface area contributed by atoms with Crippen LogP contribution in [0.25, 0.3) is 0 Å². The molecule has 3 unspecified atom stereocenters. The number of rotatable bonds is 14. The number of carbonyl (C=O) groups is 1. The van der Waals surface area contributed by atoms with Crippen molar-refractivity contribution in [3.8, 4) is 0 Å². The van der Waals surface area contributed by atoms with Gasteiger partial charge in [0.2, 0.25) is 0 Å². The number of aliphatic hydroxyl groups excluding tert-OH is 3. The summed E-state index contributed by atoms with van der Waals surface area (Å²) in [6, 6.07) is 0. The van der Waals surface area contributed by atoms with Gasteiger partial charge in [-0.1, -0.05) is 50.1 Å². The molecule has 4 N–H and O–H groups in total. The fraction of sp³-hybridized carbons (Fsp3) is 0.696. The van der Waals surface area contributed by atoms with E-state index in [1.165, 1.54) is 0 Å². The normalized spacial score (nSPS) is 26.2. The Balaban J connectivity index is 2.56. The van der Waals surface area contributed by atoms with Crippen molar-refractivity contribution in [2.45, 2.75) is 82.5 Å². The summed E-state index contributed by atoms with van der Waals surface area (Å²) >= 11 is 0. The topological polar surface area (TPSA) is 98.0 Å². The van der Waals surface area contributed by atoms with Crippen molar-refractivity contribution < 1.29 is 25.2 Å². The second-order valence-corrected chi connectivity index (χ2v) is 7.94. The first-order valence-electron chi connectivity index (χ1n) is 10.5. The lowest BCUT2D eigenvalue weighted by atomic mass is 9.88. The molecule has 0 spiro atoms. The molecule has 160 valence electrons. The van der Waals surface area contributed by atoms with E-state index >= 15 is 0 Å². The van der Waals surface area contributed by atoms with E-state index in [0.29, 0.717) is 25.7 Å². The Morgan fingerprint density at radius 3 is 2.68 bits per heavy atom. The average Bonchev–Trinajstić information content (AvgIpc) is 2.95. The molecule has 1 fully saturated rings. The first kappa shape index (κ1) is 24.8. The van der Waals surface area contributed by atoms with Crippen molar-refractivity contribution in [1.82, 2.24) is 0 Å². The summed E-state index contributed by atoms with van der Waals surface area (Å²) in [6.07, 6.45) is 13.8. The molecule has 5 atom stereocenters. The molecule has 1 aliphatic carbocycles. The zero-order chi connectivity index (χ0) is 21.0. The Bertz CT molecular complexity index is 527. The zero-order valence-corrected chi connectivity index (χ0v) is 17.2. The van der Waals surface area contributed by atoms with Crippen LogP contribution < -0.4 is 0 Å². The van der Waals surface area contributed by atoms with E-state index in [1.54, 1.807) is 6.08 Å². The van der Waals surface area contributed by atoms with Crippen LogP contribution in [0.2, 0.25) is 0 Å². The van der Waals surface area contributed by atoms with Gasteiger partial charge in [0.05, 0.1) is 24.4 Å². The van der Waals surface area contributed by atoms with Crippen LogP contribution in [0, 0.1) is 11.8 Å². The lowest BCUT2D eigenvalue weighted by Crippen LogP contribution is -2.25. The summed E-state index contributed by atoms with van der Waals surface area (Å²) in [7, 11) is 0. The van der Waals surface area contributed by atoms with Gasteiger partial charge in [0.1, 0.15) is 5.78 Å². The minimum Gasteiger partial charge on any atom is -0.394 e. The molecule has 0 aromatic carbocycles. The maximum Gasteiger partial charge on any atom is 0.139 e. The predicted octanol–water partition coefficient (Wildman–Crippen LogP) is 3.08. The number of Topliss-reactive ketones (excluding diaryl/α,β-unsaturated/α-hetero) is 1. The number of hydrogen-bond donors (Lipinski definition) is 4. The molecule has 0 radical (unpaired) electrons. The predicted molar refractivity (Wildman–Crippen MR) is 112 cm³/mol. The van der Waals surface area contributed by atoms with Crippen LogP contribution in [0.4, 0.5) is 0 Å². The number of unbranched alkanes of at least 4 members (excludes halogenated alkanes) is 2. The van der Waals surface area contributed by atoms with Gasteiger partial charge in [0, 0.05) is 18.3 Å². The maximum atomic E-state index is 12.2. The fourth-order valence-corrected chi connectivity index (χ4v) is 3.65. The minimum absolute atomic E-state index is 0.0764. The Labute approximate surface area is 169 Å². The van der Waals surface area contributed by atoms with E-state index in [0.717, 1.165) is 25.7 Å². The molecular weight excluding hydrogens is 356 g/mol. The third-order valence-corrected chi connectivity index (χ3v) is 5.58. The number of hydrogen-bond acceptors (Lipinski definition) is 5. The van der Waals surface area contributed by atoms with Crippen molar-refractivity contribution >= 4 is 5.78 Å². The van der Waals surface area contributed by atoms with Gasteiger partial charge in [-0.25, -0.2) is 0 Å². The van der Waals surface area contributed by atoms with Gasteiger partial charge in [-0.15, -0.1) is 6.58 Å². The Hall–Kier alpha value is -1.27. The highest BCUT2D eigenvalue weighted by Gasteiger charge is 2.39. The van der Waals surface area contributed by atoms with Crippen molar-refractivity contribution in [1.29, 1.82) is 0 Å². The van der Waals surface area contributed by atoms with Crippen LogP contribution in [0.5, 0.6) is 0 Å². The summed E-state index contributed by atoms with van der Waals surface area (Å²) in [5.41, 5.74) is -0.936. The highest BCUT2D eigenvalue weighted by atomic mass is 16.3. The molecule has 0 heterocycles. The summed E-state index contributed by atoms with van der Waals surface area (Å²) in [5, 5.41) is 38.9. The zero-order valence-electron chi connectivity index (χ0n) is 17.2. The Morgan fingerprint density at radius 1 is 1.29 bits per heavy atom. The van der Waals surface area contributed by atoms with Crippen LogP contribution in [-0.2, 0) is 4.79 Å². The van der Waals surface area contributed by atoms with Crippen molar-refractivity contribution in [3.05, 3.63) is 37.0 Å². The standard InChI is InChI=1S/C23H38O5/c1-3-5-14-23(28,4-2)15-10-13-20-19(21(26)16-22(20)27)12-9-7-6-8-11-18(25)17-24/h4,7,9-10,13,18-20,22,24-25,27-28H,2-3,5-6,8,11-12,14-17H2,1H3/b9-7-,13-10+/t18?,19-,20-,22?,23?/m1/s1. The highest BCUT2D eigenvalue weighted by molar-refractivity contribution is 5.84. The van der Waals surface area contributed by atoms with E-state index in [1.807, 2.05) is 24.3 Å². The van der Waals surface area contributed by atoms with Crippen molar-refractivity contribution in [2.24, 2.45) is 11.8 Å². The molecule has 5 nitrogen and oxygen atoms in total. The van der Waals surface area contributed by atoms with Crippen molar-refractivity contribution in [2.75, 3.05) is 6.61 Å². The first-order chi connectivity index (χ1) is 13.4. The molecule has 0 bridgehead atoms. The second kappa shape index (κ2) is 13.0. The molecule has 5 heteroatoms. The minimum atomic E-state index is -0.936. The van der Waals surface area contributed by atoms with Gasteiger partial charge >= 0.3 is 0 Å². The smallest absolute Gasteiger partial charge is 0.139 e. The van der Waals surface area contributed by atoms with Crippen LogP contribution in [0.3, 0.4) is 0 Å². The third kappa shape index (κ3) is 8.39. The van der Waals surface area contributed by atoms with E-state index in [4.69, 9.17) is 5.11 Å². The molecule has 28 heavy (non-hydrogen) atoms. The molecule has 0 saturated heterocycles. The third-order valence-electron chi connectivity index (χ3n) is 5.58. The lowest BCUT2D eigenvalue weighted by Gasteiger charge is -2.23. The lowest BCUT2D eigenvalue weighted by molar-refractivity contribution is -0.121. The van der Waals surface area contributed by atoms with Crippen LogP contribution in [0.15, 0.2) is 37.0 Å². The monoisotopic (exact) mass is 394 g/mol. The molecule has 1 aliphatic rings. The number of allylic oxidation sites excluding steroid dienone is 2. The molecule has 0 aliphatic heterocycles. The van der Waals surface area contributed by atoms with E-state index in [-0.39, 0.29) is 30.6 Å². The first-order valence-corrected chi connectivity index (χ1v) is 10.5. The Morgan fingerprint density at radius 2 is 2.04 bits per heavy atom. The summed E-state index contributed by atoms with van der Waals surface area (Å²) in [4.78, 5) is 12.2. The number of aliphatic hydroxyl groups is 4. The number of carbonyl (C=O) groups excluding carboxylic acids is 1. The molecule has 0 aromatic heterocycles. The Kier molecular flexibility index (Phi) is 11.5. The number of ketones is 1. The molecule has 1 rings (SSSR count). The van der Waals surface area contributed by atoms with Crippen molar-refractivity contribution in [3.63, 3.8) is 0 Å². The molecular formula is C23H38O5. The van der Waals surface area contributed by atoms with Crippen LogP contribution in [-0.4, -0.2) is 50.6 Å². The highest BCUT2D eigenvalue weighted by Crippen LogP contribution is 2.34. The maximum absolute atomic E-state index is 12.2. The van der Waals surface area contributed by atoms with Gasteiger partial charge in [0.15, 0.2) is 0 Å². The SMILES string of the molecule is C=CC(O)(C/C=C/[C@H]1C(O)CC(=O)[C@@H]1C/C=C\CCCC(O)CO)CCCC. The largest absolute Gasteiger partial charge is 0.394 e. The van der Waals surface area contributed by atoms with Gasteiger partial charge in [-0.2, -0.15) is 0 Å². The fourth-order valence-electron chi connectivity index (χ4n) is 3.65. The summed E-state index contributed by atoms with van der Waals surface area (Å²) < 4.78 is 0. The second-order valence-electron chi connectivity index (χ2n) is 7.94. The van der Waals surface area contributed by atoms with Crippen LogP contribution >= 0.6 is 0 Å². The molecule has 1 saturated carbocycles. The van der Waals surface area contributed by atoms with Gasteiger partial charge < -0.3 is 20.4 Å². The summed E-state index contributed by atoms with van der Waals surface area (Å²) in [5.74, 6) is -0.390. The van der Waals surface area contributed by atoms with Gasteiger partial charge in [-0.05, 0) is 38.5 Å². The van der Waals surface area contributed by atoms with Crippen LogP contribution in [0.1, 0.15) is 64.7 Å². The average molecular weight is 395 g/mol. The van der Waals surface area contributed by atoms with Gasteiger partial charge in [-0.3, -0.25) is 4.79 Å². The molecule has 0 amide bonds. The summed E-state index contributed by atoms with van der Waals surface area (Å²) in [6.45, 7) is 5.59. The molecule has 0 aromatic rings. The van der Waals surface area contributed by atoms with E-state index in [2.05, 4.69) is 13.5 Å². The van der Waals surface area contributed by atoms with E-state index < -0.39 is 17.8 Å².